The zero-order chi connectivity index (χ0) is 25.1. The summed E-state index contributed by atoms with van der Waals surface area (Å²) in [4.78, 5) is 42.0. The lowest BCUT2D eigenvalue weighted by Gasteiger charge is -2.27. The van der Waals surface area contributed by atoms with Gasteiger partial charge in [0.05, 0.1) is 13.1 Å². The highest BCUT2D eigenvalue weighted by atomic mass is 16.6. The first-order chi connectivity index (χ1) is 15.2. The van der Waals surface area contributed by atoms with Crippen molar-refractivity contribution in [1.82, 2.24) is 14.7 Å². The molecule has 0 unspecified atom stereocenters. The van der Waals surface area contributed by atoms with E-state index in [0.717, 1.165) is 45.6 Å². The molecule has 0 aliphatic carbocycles. The fourth-order valence-electron chi connectivity index (χ4n) is 3.62. The highest BCUT2D eigenvalue weighted by Crippen LogP contribution is 2.11. The maximum Gasteiger partial charge on any atom is 0.320 e. The van der Waals surface area contributed by atoms with Gasteiger partial charge in [0.25, 0.3) is 0 Å². The molecule has 1 saturated heterocycles. The normalized spacial score (nSPS) is 17.6. The predicted octanol–water partition coefficient (Wildman–Crippen LogP) is 2.23. The van der Waals surface area contributed by atoms with Crippen LogP contribution in [-0.2, 0) is 23.9 Å². The van der Waals surface area contributed by atoms with Gasteiger partial charge >= 0.3 is 17.9 Å². The van der Waals surface area contributed by atoms with Crippen molar-refractivity contribution in [1.29, 1.82) is 0 Å². The first-order valence-electron chi connectivity index (χ1n) is 12.1. The van der Waals surface area contributed by atoms with Gasteiger partial charge < -0.3 is 19.5 Å². The van der Waals surface area contributed by atoms with Gasteiger partial charge in [-0.25, -0.2) is 0 Å². The van der Waals surface area contributed by atoms with E-state index in [-0.39, 0.29) is 31.4 Å². The quantitative estimate of drug-likeness (QED) is 0.380. The topological polar surface area (TPSA) is 99.6 Å². The molecule has 0 amide bonds. The molecule has 0 aromatic rings. The van der Waals surface area contributed by atoms with Crippen LogP contribution in [0.25, 0.3) is 0 Å². The summed E-state index contributed by atoms with van der Waals surface area (Å²) < 4.78 is 11.0. The molecule has 0 spiro atoms. The minimum absolute atomic E-state index is 0.202. The van der Waals surface area contributed by atoms with Gasteiger partial charge in [0.2, 0.25) is 0 Å². The number of hydrogen-bond donors (Lipinski definition) is 1. The molecule has 1 heterocycles. The zero-order valence-electron chi connectivity index (χ0n) is 21.5. The number of carbonyl (C=O) groups excluding carboxylic acids is 2. The maximum atomic E-state index is 12.4. The van der Waals surface area contributed by atoms with E-state index in [9.17, 15) is 14.4 Å². The van der Waals surface area contributed by atoms with Crippen molar-refractivity contribution in [2.24, 2.45) is 0 Å². The summed E-state index contributed by atoms with van der Waals surface area (Å²) in [5.74, 6) is -1.25. The Bertz CT molecular complexity index is 585. The Morgan fingerprint density at radius 1 is 0.667 bits per heavy atom. The van der Waals surface area contributed by atoms with Crippen molar-refractivity contribution in [3.8, 4) is 0 Å². The van der Waals surface area contributed by atoms with E-state index in [2.05, 4.69) is 14.7 Å². The van der Waals surface area contributed by atoms with Crippen molar-refractivity contribution >= 4 is 17.9 Å². The molecule has 9 heteroatoms. The number of carbonyl (C=O) groups is 3. The number of nitrogens with zero attached hydrogens (tertiary/aromatic N) is 3. The molecule has 1 fully saturated rings. The second-order valence-corrected chi connectivity index (χ2v) is 10.8. The average Bonchev–Trinajstić information content (AvgIpc) is 2.70. The van der Waals surface area contributed by atoms with E-state index in [0.29, 0.717) is 19.5 Å². The lowest BCUT2D eigenvalue weighted by molar-refractivity contribution is -0.158. The summed E-state index contributed by atoms with van der Waals surface area (Å²) in [6.45, 7) is 16.8. The van der Waals surface area contributed by atoms with E-state index in [1.807, 2.05) is 41.5 Å². The predicted molar refractivity (Wildman–Crippen MR) is 127 cm³/mol. The van der Waals surface area contributed by atoms with Gasteiger partial charge in [0.1, 0.15) is 11.2 Å². The van der Waals surface area contributed by atoms with Gasteiger partial charge in [-0.05, 0) is 60.9 Å². The van der Waals surface area contributed by atoms with Crippen molar-refractivity contribution in [3.63, 3.8) is 0 Å². The third-order valence-corrected chi connectivity index (χ3v) is 5.11. The second-order valence-electron chi connectivity index (χ2n) is 10.8. The van der Waals surface area contributed by atoms with Crippen LogP contribution in [0.1, 0.15) is 67.2 Å². The first kappa shape index (κ1) is 29.3. The van der Waals surface area contributed by atoms with Gasteiger partial charge in [0, 0.05) is 45.7 Å². The SMILES string of the molecule is CC(C)(C)OC(=O)CN1CCN(CCCCCC(=O)O)CCN(CC(=O)OC(C)(C)C)CC1. The van der Waals surface area contributed by atoms with Crippen LogP contribution >= 0.6 is 0 Å². The molecule has 0 radical (unpaired) electrons. The molecule has 0 saturated carbocycles. The Labute approximate surface area is 199 Å². The molecule has 0 atom stereocenters. The van der Waals surface area contributed by atoms with E-state index < -0.39 is 17.2 Å². The van der Waals surface area contributed by atoms with Crippen LogP contribution in [0.4, 0.5) is 0 Å². The molecule has 9 nitrogen and oxygen atoms in total. The number of rotatable bonds is 10. The minimum Gasteiger partial charge on any atom is -0.481 e. The summed E-state index contributed by atoms with van der Waals surface area (Å²) >= 11 is 0. The minimum atomic E-state index is -0.756. The lowest BCUT2D eigenvalue weighted by Crippen LogP contribution is -2.42. The fraction of sp³-hybridized carbons (Fsp3) is 0.875. The largest absolute Gasteiger partial charge is 0.481 e. The number of ether oxygens (including phenoxy) is 2. The van der Waals surface area contributed by atoms with E-state index in [1.165, 1.54) is 0 Å². The standard InChI is InChI=1S/C24H45N3O6/c1-23(2,3)32-21(30)18-26-14-12-25(11-9-7-8-10-20(28)29)13-15-27(17-16-26)19-22(31)33-24(4,5)6/h7-19H2,1-6H3,(H,28,29). The molecule has 1 aliphatic heterocycles. The molecule has 192 valence electrons. The number of carboxylic acid groups (broad SMARTS) is 1. The summed E-state index contributed by atoms with van der Waals surface area (Å²) in [6, 6.07) is 0. The van der Waals surface area contributed by atoms with E-state index >= 15 is 0 Å². The van der Waals surface area contributed by atoms with Crippen LogP contribution < -0.4 is 0 Å². The Morgan fingerprint density at radius 3 is 1.42 bits per heavy atom. The molecule has 1 aliphatic rings. The van der Waals surface area contributed by atoms with Crippen LogP contribution in [0, 0.1) is 0 Å². The summed E-state index contributed by atoms with van der Waals surface area (Å²) in [6.07, 6.45) is 2.67. The van der Waals surface area contributed by atoms with E-state index in [4.69, 9.17) is 14.6 Å². The molecule has 0 bridgehead atoms. The molecule has 33 heavy (non-hydrogen) atoms. The molecular weight excluding hydrogens is 426 g/mol. The fourth-order valence-corrected chi connectivity index (χ4v) is 3.62. The van der Waals surface area contributed by atoms with Gasteiger partial charge in [-0.3, -0.25) is 24.2 Å². The highest BCUT2D eigenvalue weighted by Gasteiger charge is 2.24. The number of aliphatic carboxylic acids is 1. The third-order valence-electron chi connectivity index (χ3n) is 5.11. The monoisotopic (exact) mass is 471 g/mol. The zero-order valence-corrected chi connectivity index (χ0v) is 21.5. The van der Waals surface area contributed by atoms with Crippen LogP contribution in [0.3, 0.4) is 0 Å². The summed E-state index contributed by atoms with van der Waals surface area (Å²) in [7, 11) is 0. The number of hydrogen-bond acceptors (Lipinski definition) is 8. The Kier molecular flexibility index (Phi) is 12.3. The first-order valence-corrected chi connectivity index (χ1v) is 12.1. The Morgan fingerprint density at radius 2 is 1.06 bits per heavy atom. The van der Waals surface area contributed by atoms with E-state index in [1.54, 1.807) is 0 Å². The van der Waals surface area contributed by atoms with Crippen LogP contribution in [0.5, 0.6) is 0 Å². The third kappa shape index (κ3) is 15.7. The van der Waals surface area contributed by atoms with Gasteiger partial charge in [-0.2, -0.15) is 0 Å². The van der Waals surface area contributed by atoms with Crippen molar-refractivity contribution in [3.05, 3.63) is 0 Å². The summed E-state index contributed by atoms with van der Waals surface area (Å²) in [5, 5.41) is 8.81. The number of esters is 2. The molecule has 1 rings (SSSR count). The van der Waals surface area contributed by atoms with Crippen LogP contribution in [0.15, 0.2) is 0 Å². The Balaban J connectivity index is 2.73. The average molecular weight is 472 g/mol. The highest BCUT2D eigenvalue weighted by molar-refractivity contribution is 5.72. The Hall–Kier alpha value is -1.71. The van der Waals surface area contributed by atoms with Crippen LogP contribution in [-0.4, -0.2) is 108 Å². The van der Waals surface area contributed by atoms with Gasteiger partial charge in [-0.1, -0.05) is 6.42 Å². The number of unbranched alkanes of at least 4 members (excludes halogenated alkanes) is 2. The maximum absolute atomic E-state index is 12.4. The van der Waals surface area contributed by atoms with Gasteiger partial charge in [-0.15, -0.1) is 0 Å². The van der Waals surface area contributed by atoms with Crippen molar-refractivity contribution in [2.45, 2.75) is 78.4 Å². The summed E-state index contributed by atoms with van der Waals surface area (Å²) in [5.41, 5.74) is -1.05. The van der Waals surface area contributed by atoms with Crippen molar-refractivity contribution in [2.75, 3.05) is 58.9 Å². The lowest BCUT2D eigenvalue weighted by atomic mass is 10.2. The molecule has 0 aromatic carbocycles. The van der Waals surface area contributed by atoms with Crippen LogP contribution in [0.2, 0.25) is 0 Å². The smallest absolute Gasteiger partial charge is 0.320 e. The second kappa shape index (κ2) is 13.9. The van der Waals surface area contributed by atoms with Gasteiger partial charge in [0.15, 0.2) is 0 Å². The number of carboxylic acids is 1. The molecular formula is C24H45N3O6. The molecule has 1 N–H and O–H groups in total. The molecule has 0 aromatic heterocycles. The van der Waals surface area contributed by atoms with Crippen molar-refractivity contribution < 1.29 is 29.0 Å².